The van der Waals surface area contributed by atoms with E-state index >= 15 is 0 Å². The quantitative estimate of drug-likeness (QED) is 0.584. The van der Waals surface area contributed by atoms with Crippen LogP contribution in [0.25, 0.3) is 0 Å². The Bertz CT molecular complexity index is 424. The molecule has 1 heterocycles. The van der Waals surface area contributed by atoms with Crippen molar-refractivity contribution in [2.45, 2.75) is 60.9 Å². The maximum absolute atomic E-state index is 5.61. The van der Waals surface area contributed by atoms with Gasteiger partial charge in [-0.15, -0.1) is 5.10 Å². The summed E-state index contributed by atoms with van der Waals surface area (Å²) in [5.41, 5.74) is 1.28. The highest BCUT2D eigenvalue weighted by atomic mass is 16.5. The molecule has 5 nitrogen and oxygen atoms in total. The minimum atomic E-state index is 0.238. The van der Waals surface area contributed by atoms with Gasteiger partial charge in [0.2, 0.25) is 0 Å². The third-order valence-electron chi connectivity index (χ3n) is 3.99. The van der Waals surface area contributed by atoms with Gasteiger partial charge in [-0.3, -0.25) is 0 Å². The van der Waals surface area contributed by atoms with Crippen molar-refractivity contribution in [2.24, 2.45) is 17.3 Å². The van der Waals surface area contributed by atoms with Crippen molar-refractivity contribution in [1.29, 1.82) is 0 Å². The molecule has 5 heteroatoms. The van der Waals surface area contributed by atoms with Crippen LogP contribution in [0.15, 0.2) is 6.20 Å². The van der Waals surface area contributed by atoms with E-state index < -0.39 is 0 Å². The maximum atomic E-state index is 5.61. The van der Waals surface area contributed by atoms with Gasteiger partial charge in [-0.2, -0.15) is 0 Å². The van der Waals surface area contributed by atoms with E-state index in [-0.39, 0.29) is 5.41 Å². The van der Waals surface area contributed by atoms with Gasteiger partial charge in [0, 0.05) is 12.8 Å². The Kier molecular flexibility index (Phi) is 8.77. The molecule has 0 N–H and O–H groups in total. The first-order valence-electron chi connectivity index (χ1n) is 8.82. The number of aromatic nitrogens is 3. The van der Waals surface area contributed by atoms with Crippen LogP contribution in [0.1, 0.15) is 53.7 Å². The Morgan fingerprint density at radius 3 is 2.30 bits per heavy atom. The highest BCUT2D eigenvalue weighted by molar-refractivity contribution is 4.95. The Labute approximate surface area is 141 Å². The summed E-state index contributed by atoms with van der Waals surface area (Å²) in [6.07, 6.45) is 4.07. The fourth-order valence-electron chi connectivity index (χ4n) is 2.15. The van der Waals surface area contributed by atoms with Crippen molar-refractivity contribution >= 4 is 0 Å². The van der Waals surface area contributed by atoms with Gasteiger partial charge in [0.05, 0.1) is 32.1 Å². The fraction of sp³-hybridized carbons (Fsp3) is 0.889. The second-order valence-electron chi connectivity index (χ2n) is 7.95. The fourth-order valence-corrected chi connectivity index (χ4v) is 2.15. The number of hydrogen-bond acceptors (Lipinski definition) is 4. The van der Waals surface area contributed by atoms with Crippen molar-refractivity contribution in [3.63, 3.8) is 0 Å². The van der Waals surface area contributed by atoms with Crippen molar-refractivity contribution in [2.75, 3.05) is 26.4 Å². The summed E-state index contributed by atoms with van der Waals surface area (Å²) >= 11 is 0. The normalized spacial score (nSPS) is 13.7. The van der Waals surface area contributed by atoms with Crippen LogP contribution in [0.2, 0.25) is 0 Å². The van der Waals surface area contributed by atoms with Crippen molar-refractivity contribution in [3.8, 4) is 0 Å². The van der Waals surface area contributed by atoms with E-state index in [1.807, 2.05) is 10.9 Å². The summed E-state index contributed by atoms with van der Waals surface area (Å²) in [5, 5.41) is 8.34. The Morgan fingerprint density at radius 2 is 1.70 bits per heavy atom. The molecular weight excluding hydrogens is 290 g/mol. The highest BCUT2D eigenvalue weighted by Gasteiger charge is 2.13. The van der Waals surface area contributed by atoms with Crippen LogP contribution in [0.4, 0.5) is 0 Å². The molecule has 134 valence electrons. The molecule has 0 aliphatic carbocycles. The lowest BCUT2D eigenvalue weighted by Crippen LogP contribution is -2.13. The molecule has 0 amide bonds. The van der Waals surface area contributed by atoms with Crippen molar-refractivity contribution < 1.29 is 9.47 Å². The first-order chi connectivity index (χ1) is 10.8. The van der Waals surface area contributed by atoms with Gasteiger partial charge < -0.3 is 9.47 Å². The van der Waals surface area contributed by atoms with Crippen molar-refractivity contribution in [3.05, 3.63) is 11.9 Å². The van der Waals surface area contributed by atoms with E-state index in [1.165, 1.54) is 0 Å². The van der Waals surface area contributed by atoms with Gasteiger partial charge in [-0.25, -0.2) is 4.68 Å². The second kappa shape index (κ2) is 10.0. The SMILES string of the molecule is CC(C)[C@H](C)CCOCCOCCn1cc(CC(C)(C)C)nn1. The zero-order chi connectivity index (χ0) is 17.3. The molecule has 0 saturated carbocycles. The monoisotopic (exact) mass is 325 g/mol. The second-order valence-corrected chi connectivity index (χ2v) is 7.95. The lowest BCUT2D eigenvalue weighted by atomic mass is 9.91. The first-order valence-corrected chi connectivity index (χ1v) is 8.82. The van der Waals surface area contributed by atoms with Gasteiger partial charge >= 0.3 is 0 Å². The molecular formula is C18H35N3O2. The lowest BCUT2D eigenvalue weighted by Gasteiger charge is -2.15. The molecule has 1 aromatic rings. The zero-order valence-corrected chi connectivity index (χ0v) is 15.8. The Hall–Kier alpha value is -0.940. The molecule has 0 aliphatic heterocycles. The highest BCUT2D eigenvalue weighted by Crippen LogP contribution is 2.18. The van der Waals surface area contributed by atoms with Crippen LogP contribution in [0, 0.1) is 17.3 Å². The van der Waals surface area contributed by atoms with E-state index in [1.54, 1.807) is 0 Å². The molecule has 1 aromatic heterocycles. The standard InChI is InChI=1S/C18H35N3O2/c1-15(2)16(3)7-9-22-11-12-23-10-8-21-14-17(19-20-21)13-18(4,5)6/h14-16H,7-13H2,1-6H3/t16-/m1/s1. The van der Waals surface area contributed by atoms with Crippen LogP contribution in [-0.2, 0) is 22.4 Å². The predicted octanol–water partition coefficient (Wildman–Crippen LogP) is 3.58. The molecule has 1 rings (SSSR count). The molecule has 0 aliphatic rings. The molecule has 0 fully saturated rings. The smallest absolute Gasteiger partial charge is 0.0832 e. The molecule has 0 aromatic carbocycles. The van der Waals surface area contributed by atoms with E-state index in [9.17, 15) is 0 Å². The Morgan fingerprint density at radius 1 is 1.04 bits per heavy atom. The first kappa shape index (κ1) is 20.1. The van der Waals surface area contributed by atoms with E-state index in [2.05, 4.69) is 51.9 Å². The number of rotatable bonds is 11. The van der Waals surface area contributed by atoms with E-state index in [0.717, 1.165) is 37.6 Å². The van der Waals surface area contributed by atoms with Crippen LogP contribution in [-0.4, -0.2) is 41.4 Å². The van der Waals surface area contributed by atoms with Gasteiger partial charge in [0.1, 0.15) is 0 Å². The molecule has 23 heavy (non-hydrogen) atoms. The predicted molar refractivity (Wildman–Crippen MR) is 93.4 cm³/mol. The summed E-state index contributed by atoms with van der Waals surface area (Å²) in [6, 6.07) is 0. The molecule has 0 saturated heterocycles. The summed E-state index contributed by atoms with van der Waals surface area (Å²) < 4.78 is 13.0. The molecule has 0 bridgehead atoms. The average molecular weight is 325 g/mol. The minimum Gasteiger partial charge on any atom is -0.379 e. The van der Waals surface area contributed by atoms with Crippen LogP contribution in [0.5, 0.6) is 0 Å². The maximum Gasteiger partial charge on any atom is 0.0832 e. The molecule has 0 unspecified atom stereocenters. The third kappa shape index (κ3) is 9.72. The summed E-state index contributed by atoms with van der Waals surface area (Å²) in [6.45, 7) is 16.9. The summed E-state index contributed by atoms with van der Waals surface area (Å²) in [4.78, 5) is 0. The number of nitrogens with zero attached hydrogens (tertiary/aromatic N) is 3. The molecule has 1 atom stereocenters. The van der Waals surface area contributed by atoms with Gasteiger partial charge in [-0.05, 0) is 30.1 Å². The topological polar surface area (TPSA) is 49.2 Å². The van der Waals surface area contributed by atoms with Crippen molar-refractivity contribution in [1.82, 2.24) is 15.0 Å². The number of ether oxygens (including phenoxy) is 2. The largest absolute Gasteiger partial charge is 0.379 e. The van der Waals surface area contributed by atoms with Crippen LogP contribution < -0.4 is 0 Å². The third-order valence-corrected chi connectivity index (χ3v) is 3.99. The van der Waals surface area contributed by atoms with Gasteiger partial charge in [-0.1, -0.05) is 46.8 Å². The lowest BCUT2D eigenvalue weighted by molar-refractivity contribution is 0.0382. The summed E-state index contributed by atoms with van der Waals surface area (Å²) in [5.74, 6) is 1.44. The van der Waals surface area contributed by atoms with Crippen LogP contribution in [0.3, 0.4) is 0 Å². The van der Waals surface area contributed by atoms with Crippen LogP contribution >= 0.6 is 0 Å². The molecule has 0 radical (unpaired) electrons. The van der Waals surface area contributed by atoms with Gasteiger partial charge in [0.25, 0.3) is 0 Å². The van der Waals surface area contributed by atoms with Gasteiger partial charge in [0.15, 0.2) is 0 Å². The zero-order valence-electron chi connectivity index (χ0n) is 15.8. The number of hydrogen-bond donors (Lipinski definition) is 0. The average Bonchev–Trinajstić information content (AvgIpc) is 2.86. The van der Waals surface area contributed by atoms with E-state index in [4.69, 9.17) is 9.47 Å². The minimum absolute atomic E-state index is 0.238. The summed E-state index contributed by atoms with van der Waals surface area (Å²) in [7, 11) is 0. The van der Waals surface area contributed by atoms with E-state index in [0.29, 0.717) is 25.7 Å². The molecule has 0 spiro atoms. The Balaban J connectivity index is 2.03.